The van der Waals surface area contributed by atoms with Gasteiger partial charge in [0.05, 0.1) is 6.61 Å². The van der Waals surface area contributed by atoms with Gasteiger partial charge in [0.15, 0.2) is 5.11 Å². The van der Waals surface area contributed by atoms with E-state index >= 15 is 0 Å². The summed E-state index contributed by atoms with van der Waals surface area (Å²) in [7, 11) is 1.87. The van der Waals surface area contributed by atoms with Crippen LogP contribution in [-0.4, -0.2) is 29.6 Å². The molecular weight excluding hydrogens is 332 g/mol. The summed E-state index contributed by atoms with van der Waals surface area (Å²) < 4.78 is 5.62. The van der Waals surface area contributed by atoms with Gasteiger partial charge < -0.3 is 15.0 Å². The van der Waals surface area contributed by atoms with Crippen molar-refractivity contribution in [2.45, 2.75) is 26.3 Å². The molecule has 0 heterocycles. The maximum atomic E-state index is 12.0. The van der Waals surface area contributed by atoms with Gasteiger partial charge in [-0.05, 0) is 43.3 Å². The van der Waals surface area contributed by atoms with Gasteiger partial charge >= 0.3 is 0 Å². The molecule has 0 aromatic heterocycles. The van der Waals surface area contributed by atoms with Gasteiger partial charge in [-0.1, -0.05) is 48.0 Å². The lowest BCUT2D eigenvalue weighted by molar-refractivity contribution is -0.120. The molecule has 4 nitrogen and oxygen atoms in total. The highest BCUT2D eigenvalue weighted by atomic mass is 32.1. The fraction of sp³-hybridized carbons (Fsp3) is 0.300. The molecule has 0 aliphatic rings. The van der Waals surface area contributed by atoms with Crippen molar-refractivity contribution in [3.8, 4) is 5.75 Å². The first-order chi connectivity index (χ1) is 12.0. The van der Waals surface area contributed by atoms with Crippen molar-refractivity contribution in [1.82, 2.24) is 10.2 Å². The minimum absolute atomic E-state index is 0.0857. The third-order valence-corrected chi connectivity index (χ3v) is 4.11. The zero-order valence-corrected chi connectivity index (χ0v) is 15.5. The van der Waals surface area contributed by atoms with Crippen LogP contribution >= 0.6 is 12.2 Å². The number of amides is 1. The average Bonchev–Trinajstić information content (AvgIpc) is 2.61. The molecule has 25 heavy (non-hydrogen) atoms. The normalized spacial score (nSPS) is 10.2. The molecule has 0 saturated carbocycles. The molecule has 1 amide bonds. The third kappa shape index (κ3) is 6.93. The molecule has 2 rings (SSSR count). The van der Waals surface area contributed by atoms with E-state index in [4.69, 9.17) is 17.0 Å². The summed E-state index contributed by atoms with van der Waals surface area (Å²) in [5.74, 6) is 0.738. The number of nitrogens with one attached hydrogen (secondary N) is 1. The molecule has 132 valence electrons. The highest BCUT2D eigenvalue weighted by molar-refractivity contribution is 7.80. The maximum absolute atomic E-state index is 12.0. The van der Waals surface area contributed by atoms with Crippen molar-refractivity contribution in [2.75, 3.05) is 13.7 Å². The number of benzene rings is 2. The quantitative estimate of drug-likeness (QED) is 0.607. The number of aryl methyl sites for hydroxylation is 1. The molecule has 0 atom stereocenters. The zero-order chi connectivity index (χ0) is 18.1. The Kier molecular flexibility index (Phi) is 7.41. The molecule has 0 fully saturated rings. The van der Waals surface area contributed by atoms with E-state index in [1.54, 1.807) is 0 Å². The lowest BCUT2D eigenvalue weighted by Gasteiger charge is -2.20. The van der Waals surface area contributed by atoms with Gasteiger partial charge in [-0.15, -0.1) is 0 Å². The summed E-state index contributed by atoms with van der Waals surface area (Å²) >= 11 is 5.28. The van der Waals surface area contributed by atoms with Crippen LogP contribution in [0.5, 0.6) is 5.75 Å². The summed E-state index contributed by atoms with van der Waals surface area (Å²) in [5.41, 5.74) is 2.34. The van der Waals surface area contributed by atoms with Gasteiger partial charge in [-0.2, -0.15) is 0 Å². The first-order valence-electron chi connectivity index (χ1n) is 8.33. The van der Waals surface area contributed by atoms with Gasteiger partial charge in [0.1, 0.15) is 5.75 Å². The molecule has 0 aliphatic heterocycles. The Labute approximate surface area is 154 Å². The van der Waals surface area contributed by atoms with Crippen LogP contribution in [0.25, 0.3) is 0 Å². The van der Waals surface area contributed by atoms with Crippen molar-refractivity contribution in [2.24, 2.45) is 0 Å². The van der Waals surface area contributed by atoms with Gasteiger partial charge in [0.2, 0.25) is 5.91 Å². The second-order valence-corrected chi connectivity index (χ2v) is 6.35. The van der Waals surface area contributed by atoms with Crippen LogP contribution in [-0.2, 0) is 11.3 Å². The van der Waals surface area contributed by atoms with Crippen LogP contribution in [0.2, 0.25) is 0 Å². The van der Waals surface area contributed by atoms with Crippen LogP contribution in [0.3, 0.4) is 0 Å². The first-order valence-corrected chi connectivity index (χ1v) is 8.74. The van der Waals surface area contributed by atoms with Crippen LogP contribution in [0.15, 0.2) is 54.6 Å². The number of carbonyl (C=O) groups excluding carboxylic acids is 1. The molecule has 0 bridgehead atoms. The predicted molar refractivity (Wildman–Crippen MR) is 105 cm³/mol. The maximum Gasteiger partial charge on any atom is 0.226 e. The zero-order valence-electron chi connectivity index (χ0n) is 14.7. The molecule has 2 aromatic carbocycles. The summed E-state index contributed by atoms with van der Waals surface area (Å²) in [6.07, 6.45) is 1.02. The van der Waals surface area contributed by atoms with Crippen LogP contribution in [0.1, 0.15) is 24.0 Å². The van der Waals surface area contributed by atoms with E-state index < -0.39 is 0 Å². The lowest BCUT2D eigenvalue weighted by Crippen LogP contribution is -2.40. The second kappa shape index (κ2) is 9.79. The van der Waals surface area contributed by atoms with E-state index in [2.05, 4.69) is 5.32 Å². The predicted octanol–water partition coefficient (Wildman–Crippen LogP) is 3.69. The van der Waals surface area contributed by atoms with Crippen molar-refractivity contribution in [3.05, 3.63) is 65.7 Å². The van der Waals surface area contributed by atoms with Crippen molar-refractivity contribution in [1.29, 1.82) is 0 Å². The summed E-state index contributed by atoms with van der Waals surface area (Å²) in [6, 6.07) is 17.9. The van der Waals surface area contributed by atoms with E-state index in [-0.39, 0.29) is 5.91 Å². The molecule has 0 radical (unpaired) electrons. The van der Waals surface area contributed by atoms with E-state index in [1.165, 1.54) is 5.56 Å². The minimum atomic E-state index is -0.0857. The Morgan fingerprint density at radius 2 is 1.80 bits per heavy atom. The molecule has 0 unspecified atom stereocenters. The third-order valence-electron chi connectivity index (χ3n) is 3.69. The smallest absolute Gasteiger partial charge is 0.226 e. The highest BCUT2D eigenvalue weighted by Gasteiger charge is 2.09. The molecule has 0 aliphatic carbocycles. The standard InChI is InChI=1S/C20H24N2O2S/c1-16-10-12-18(13-11-16)24-14-6-9-19(23)21-20(25)22(2)15-17-7-4-3-5-8-17/h3-5,7-8,10-13H,6,9,14-15H2,1-2H3,(H,21,23,25). The Balaban J connectivity index is 1.65. The number of hydrogen-bond acceptors (Lipinski definition) is 3. The van der Waals surface area contributed by atoms with Crippen LogP contribution in [0, 0.1) is 6.92 Å². The molecular formula is C20H24N2O2S. The van der Waals surface area contributed by atoms with Crippen molar-refractivity contribution in [3.63, 3.8) is 0 Å². The number of ether oxygens (including phenoxy) is 1. The SMILES string of the molecule is Cc1ccc(OCCCC(=O)NC(=S)N(C)Cc2ccccc2)cc1. The monoisotopic (exact) mass is 356 g/mol. The van der Waals surface area contributed by atoms with Gasteiger partial charge in [0.25, 0.3) is 0 Å². The molecule has 2 aromatic rings. The Hall–Kier alpha value is -2.40. The van der Waals surface area contributed by atoms with E-state index in [0.717, 1.165) is 11.3 Å². The van der Waals surface area contributed by atoms with E-state index in [1.807, 2.05) is 73.5 Å². The van der Waals surface area contributed by atoms with Crippen molar-refractivity contribution >= 4 is 23.2 Å². The van der Waals surface area contributed by atoms with Gasteiger partial charge in [-0.3, -0.25) is 4.79 Å². The Bertz CT molecular complexity index is 687. The summed E-state index contributed by atoms with van der Waals surface area (Å²) in [4.78, 5) is 13.8. The Morgan fingerprint density at radius 3 is 2.48 bits per heavy atom. The first kappa shape index (κ1) is 18.9. The lowest BCUT2D eigenvalue weighted by atomic mass is 10.2. The number of hydrogen-bond donors (Lipinski definition) is 1. The molecule has 5 heteroatoms. The highest BCUT2D eigenvalue weighted by Crippen LogP contribution is 2.11. The average molecular weight is 356 g/mol. The minimum Gasteiger partial charge on any atom is -0.494 e. The topological polar surface area (TPSA) is 41.6 Å². The Morgan fingerprint density at radius 1 is 1.12 bits per heavy atom. The second-order valence-electron chi connectivity index (χ2n) is 5.96. The number of carbonyl (C=O) groups is 1. The summed E-state index contributed by atoms with van der Waals surface area (Å²) in [6.45, 7) is 3.20. The fourth-order valence-corrected chi connectivity index (χ4v) is 2.44. The molecule has 1 N–H and O–H groups in total. The number of nitrogens with zero attached hydrogens (tertiary/aromatic N) is 1. The molecule has 0 saturated heterocycles. The van der Waals surface area contributed by atoms with Crippen LogP contribution in [0.4, 0.5) is 0 Å². The number of rotatable bonds is 7. The van der Waals surface area contributed by atoms with E-state index in [0.29, 0.717) is 31.1 Å². The van der Waals surface area contributed by atoms with Gasteiger partial charge in [0, 0.05) is 20.0 Å². The van der Waals surface area contributed by atoms with Crippen LogP contribution < -0.4 is 10.1 Å². The molecule has 0 spiro atoms. The number of thiocarbonyl (C=S) groups is 1. The van der Waals surface area contributed by atoms with Crippen molar-refractivity contribution < 1.29 is 9.53 Å². The fourth-order valence-electron chi connectivity index (χ4n) is 2.26. The summed E-state index contributed by atoms with van der Waals surface area (Å²) in [5, 5.41) is 3.21. The largest absolute Gasteiger partial charge is 0.494 e. The van der Waals surface area contributed by atoms with E-state index in [9.17, 15) is 4.79 Å². The van der Waals surface area contributed by atoms with Gasteiger partial charge in [-0.25, -0.2) is 0 Å².